The Morgan fingerprint density at radius 3 is 2.89 bits per heavy atom. The Bertz CT molecular complexity index is 381. The lowest BCUT2D eigenvalue weighted by Crippen LogP contribution is -2.43. The Labute approximate surface area is 109 Å². The molecule has 2 atom stereocenters. The van der Waals surface area contributed by atoms with E-state index in [4.69, 9.17) is 0 Å². The van der Waals surface area contributed by atoms with Crippen molar-refractivity contribution in [3.8, 4) is 0 Å². The van der Waals surface area contributed by atoms with Crippen LogP contribution in [0.25, 0.3) is 0 Å². The lowest BCUT2D eigenvalue weighted by molar-refractivity contribution is 0.206. The molecule has 2 rings (SSSR count). The van der Waals surface area contributed by atoms with E-state index in [1.807, 2.05) is 0 Å². The van der Waals surface area contributed by atoms with Crippen molar-refractivity contribution in [1.29, 1.82) is 0 Å². The third kappa shape index (κ3) is 3.32. The molecule has 2 heterocycles. The zero-order valence-corrected chi connectivity index (χ0v) is 11.5. The molecule has 1 aromatic rings. The molecule has 0 amide bonds. The molecular weight excluding hydrogens is 226 g/mol. The van der Waals surface area contributed by atoms with Gasteiger partial charge in [0.15, 0.2) is 0 Å². The predicted molar refractivity (Wildman–Crippen MR) is 74.9 cm³/mol. The first-order chi connectivity index (χ1) is 8.69. The highest BCUT2D eigenvalue weighted by Gasteiger charge is 2.24. The number of piperidine rings is 1. The van der Waals surface area contributed by atoms with E-state index in [9.17, 15) is 0 Å². The summed E-state index contributed by atoms with van der Waals surface area (Å²) in [6.45, 7) is 7.48. The van der Waals surface area contributed by atoms with E-state index in [1.165, 1.54) is 0 Å². The summed E-state index contributed by atoms with van der Waals surface area (Å²) in [6, 6.07) is 0.493. The molecule has 1 saturated heterocycles. The SMILES string of the molecule is CCNc1cncc(NC2CCN(C)CC2C)n1. The number of nitrogens with one attached hydrogen (secondary N) is 2. The maximum absolute atomic E-state index is 4.51. The molecule has 0 bridgehead atoms. The van der Waals surface area contributed by atoms with E-state index in [0.29, 0.717) is 12.0 Å². The second-order valence-corrected chi connectivity index (χ2v) is 5.10. The van der Waals surface area contributed by atoms with Crippen molar-refractivity contribution in [1.82, 2.24) is 14.9 Å². The highest BCUT2D eigenvalue weighted by atomic mass is 15.1. The molecule has 18 heavy (non-hydrogen) atoms. The first-order valence-corrected chi connectivity index (χ1v) is 6.70. The molecule has 0 aliphatic carbocycles. The lowest BCUT2D eigenvalue weighted by atomic mass is 9.94. The zero-order valence-electron chi connectivity index (χ0n) is 11.5. The van der Waals surface area contributed by atoms with E-state index in [-0.39, 0.29) is 0 Å². The summed E-state index contributed by atoms with van der Waals surface area (Å²) in [5.74, 6) is 2.34. The summed E-state index contributed by atoms with van der Waals surface area (Å²) in [4.78, 5) is 11.1. The van der Waals surface area contributed by atoms with Crippen LogP contribution in [-0.4, -0.2) is 47.6 Å². The lowest BCUT2D eigenvalue weighted by Gasteiger charge is -2.35. The van der Waals surface area contributed by atoms with E-state index < -0.39 is 0 Å². The number of hydrogen-bond acceptors (Lipinski definition) is 5. The van der Waals surface area contributed by atoms with E-state index in [1.54, 1.807) is 12.4 Å². The fraction of sp³-hybridized carbons (Fsp3) is 0.692. The van der Waals surface area contributed by atoms with Gasteiger partial charge < -0.3 is 15.5 Å². The number of hydrogen-bond donors (Lipinski definition) is 2. The van der Waals surface area contributed by atoms with Gasteiger partial charge >= 0.3 is 0 Å². The minimum Gasteiger partial charge on any atom is -0.369 e. The molecular formula is C13H23N5. The first-order valence-electron chi connectivity index (χ1n) is 6.70. The van der Waals surface area contributed by atoms with Crippen LogP contribution in [-0.2, 0) is 0 Å². The van der Waals surface area contributed by atoms with Crippen LogP contribution in [0.4, 0.5) is 11.6 Å². The van der Waals surface area contributed by atoms with Crippen LogP contribution in [0.3, 0.4) is 0 Å². The molecule has 0 spiro atoms. The standard InChI is InChI=1S/C13H23N5/c1-4-15-12-7-14-8-13(17-12)16-11-5-6-18(3)9-10(11)2/h7-8,10-11H,4-6,9H2,1-3H3,(H2,15,16,17). The zero-order chi connectivity index (χ0) is 13.0. The average molecular weight is 249 g/mol. The van der Waals surface area contributed by atoms with Crippen LogP contribution in [0.2, 0.25) is 0 Å². The van der Waals surface area contributed by atoms with Crippen LogP contribution < -0.4 is 10.6 Å². The minimum absolute atomic E-state index is 0.493. The Morgan fingerprint density at radius 1 is 1.39 bits per heavy atom. The fourth-order valence-electron chi connectivity index (χ4n) is 2.46. The molecule has 1 aliphatic rings. The normalized spacial score (nSPS) is 24.8. The number of nitrogens with zero attached hydrogens (tertiary/aromatic N) is 3. The van der Waals surface area contributed by atoms with Crippen molar-refractivity contribution in [3.05, 3.63) is 12.4 Å². The molecule has 5 heteroatoms. The molecule has 0 saturated carbocycles. The van der Waals surface area contributed by atoms with E-state index in [0.717, 1.165) is 37.7 Å². The van der Waals surface area contributed by atoms with Crippen molar-refractivity contribution >= 4 is 11.6 Å². The van der Waals surface area contributed by atoms with E-state index >= 15 is 0 Å². The smallest absolute Gasteiger partial charge is 0.147 e. The molecule has 1 aliphatic heterocycles. The second kappa shape index (κ2) is 6.00. The van der Waals surface area contributed by atoms with Gasteiger partial charge in [-0.3, -0.25) is 4.98 Å². The van der Waals surface area contributed by atoms with Crippen LogP contribution in [0, 0.1) is 5.92 Å². The van der Waals surface area contributed by atoms with Crippen molar-refractivity contribution in [2.75, 3.05) is 37.3 Å². The first kappa shape index (κ1) is 13.1. The Balaban J connectivity index is 1.98. The number of aromatic nitrogens is 2. The maximum Gasteiger partial charge on any atom is 0.147 e. The van der Waals surface area contributed by atoms with Crippen LogP contribution >= 0.6 is 0 Å². The average Bonchev–Trinajstić information content (AvgIpc) is 2.34. The summed E-state index contributed by atoms with van der Waals surface area (Å²) < 4.78 is 0. The Hall–Kier alpha value is -1.36. The van der Waals surface area contributed by atoms with Crippen LogP contribution in [0.5, 0.6) is 0 Å². The quantitative estimate of drug-likeness (QED) is 0.850. The molecule has 0 aromatic carbocycles. The molecule has 1 fully saturated rings. The number of anilines is 2. The molecule has 2 unspecified atom stereocenters. The van der Waals surface area contributed by atoms with Gasteiger partial charge in [0.05, 0.1) is 12.4 Å². The summed E-state index contributed by atoms with van der Waals surface area (Å²) in [7, 11) is 2.18. The highest BCUT2D eigenvalue weighted by Crippen LogP contribution is 2.19. The molecule has 100 valence electrons. The summed E-state index contributed by atoms with van der Waals surface area (Å²) in [5, 5.41) is 6.69. The molecule has 1 aromatic heterocycles. The van der Waals surface area contributed by atoms with Gasteiger partial charge in [0, 0.05) is 19.1 Å². The Morgan fingerprint density at radius 2 is 2.17 bits per heavy atom. The third-order valence-electron chi connectivity index (χ3n) is 3.43. The molecule has 2 N–H and O–H groups in total. The van der Waals surface area contributed by atoms with Gasteiger partial charge in [-0.2, -0.15) is 0 Å². The van der Waals surface area contributed by atoms with Crippen LogP contribution in [0.1, 0.15) is 20.3 Å². The van der Waals surface area contributed by atoms with Gasteiger partial charge in [0.2, 0.25) is 0 Å². The van der Waals surface area contributed by atoms with Crippen molar-refractivity contribution in [2.24, 2.45) is 5.92 Å². The van der Waals surface area contributed by atoms with Crippen molar-refractivity contribution < 1.29 is 0 Å². The third-order valence-corrected chi connectivity index (χ3v) is 3.43. The molecule has 5 nitrogen and oxygen atoms in total. The van der Waals surface area contributed by atoms with Crippen molar-refractivity contribution in [2.45, 2.75) is 26.3 Å². The number of likely N-dealkylation sites (tertiary alicyclic amines) is 1. The molecule has 0 radical (unpaired) electrons. The second-order valence-electron chi connectivity index (χ2n) is 5.10. The van der Waals surface area contributed by atoms with Gasteiger partial charge in [-0.1, -0.05) is 6.92 Å². The Kier molecular flexibility index (Phi) is 4.36. The van der Waals surface area contributed by atoms with Gasteiger partial charge in [0.25, 0.3) is 0 Å². The largest absolute Gasteiger partial charge is 0.369 e. The van der Waals surface area contributed by atoms with Crippen molar-refractivity contribution in [3.63, 3.8) is 0 Å². The summed E-state index contributed by atoms with van der Waals surface area (Å²) in [5.41, 5.74) is 0. The monoisotopic (exact) mass is 249 g/mol. The van der Waals surface area contributed by atoms with Gasteiger partial charge in [-0.25, -0.2) is 4.98 Å². The van der Waals surface area contributed by atoms with Gasteiger partial charge in [-0.05, 0) is 32.9 Å². The summed E-state index contributed by atoms with van der Waals surface area (Å²) in [6.07, 6.45) is 4.71. The fourth-order valence-corrected chi connectivity index (χ4v) is 2.46. The number of rotatable bonds is 4. The van der Waals surface area contributed by atoms with Gasteiger partial charge in [0.1, 0.15) is 11.6 Å². The highest BCUT2D eigenvalue weighted by molar-refractivity contribution is 5.42. The van der Waals surface area contributed by atoms with Gasteiger partial charge in [-0.15, -0.1) is 0 Å². The maximum atomic E-state index is 4.51. The van der Waals surface area contributed by atoms with E-state index in [2.05, 4.69) is 46.4 Å². The topological polar surface area (TPSA) is 53.1 Å². The summed E-state index contributed by atoms with van der Waals surface area (Å²) >= 11 is 0. The predicted octanol–water partition coefficient (Wildman–Crippen LogP) is 1.66. The van der Waals surface area contributed by atoms with Crippen LogP contribution in [0.15, 0.2) is 12.4 Å². The minimum atomic E-state index is 0.493.